The average Bonchev–Trinajstić information content (AvgIpc) is 2.70. The average molecular weight is 471 g/mol. The summed E-state index contributed by atoms with van der Waals surface area (Å²) in [5, 5.41) is 3.14. The molecule has 0 unspecified atom stereocenters. The number of hydrogen-bond acceptors (Lipinski definition) is 3. The third kappa shape index (κ3) is 5.31. The fourth-order valence-corrected chi connectivity index (χ4v) is 4.81. The van der Waals surface area contributed by atoms with Crippen LogP contribution in [-0.2, 0) is 10.0 Å². The third-order valence-corrected chi connectivity index (χ3v) is 7.20. The Morgan fingerprint density at radius 1 is 0.875 bits per heavy atom. The molecule has 0 aliphatic heterocycles. The molecule has 0 aliphatic carbocycles. The Labute approximate surface area is 194 Å². The van der Waals surface area contributed by atoms with E-state index in [0.717, 1.165) is 22.3 Å². The second-order valence-electron chi connectivity index (χ2n) is 8.10. The lowest BCUT2D eigenvalue weighted by atomic mass is 9.96. The minimum atomic E-state index is -3.76. The topological polar surface area (TPSA) is 75.3 Å². The van der Waals surface area contributed by atoms with E-state index >= 15 is 0 Å². The first-order valence-corrected chi connectivity index (χ1v) is 12.1. The summed E-state index contributed by atoms with van der Waals surface area (Å²) in [6.45, 7) is 9.93. The molecular weight excluding hydrogens is 444 g/mol. The van der Waals surface area contributed by atoms with Crippen LogP contribution in [-0.4, -0.2) is 14.3 Å². The summed E-state index contributed by atoms with van der Waals surface area (Å²) in [4.78, 5) is 13.0. The van der Waals surface area contributed by atoms with Crippen molar-refractivity contribution in [3.05, 3.63) is 93.0 Å². The van der Waals surface area contributed by atoms with E-state index in [1.54, 1.807) is 12.1 Å². The number of benzene rings is 3. The lowest BCUT2D eigenvalue weighted by Gasteiger charge is -2.19. The van der Waals surface area contributed by atoms with Gasteiger partial charge in [0.1, 0.15) is 0 Å². The Kier molecular flexibility index (Phi) is 6.96. The van der Waals surface area contributed by atoms with Crippen molar-refractivity contribution in [2.75, 3.05) is 4.72 Å². The van der Waals surface area contributed by atoms with E-state index in [-0.39, 0.29) is 33.1 Å². The summed E-state index contributed by atoms with van der Waals surface area (Å²) in [5.41, 5.74) is 6.04. The normalized spacial score (nSPS) is 12.3. The Morgan fingerprint density at radius 3 is 2.12 bits per heavy atom. The van der Waals surface area contributed by atoms with Crippen molar-refractivity contribution in [1.82, 2.24) is 5.32 Å². The molecule has 0 spiro atoms. The first kappa shape index (κ1) is 23.8. The summed E-state index contributed by atoms with van der Waals surface area (Å²) in [6.07, 6.45) is 0. The molecule has 0 aliphatic rings. The van der Waals surface area contributed by atoms with Crippen molar-refractivity contribution < 1.29 is 13.2 Å². The summed E-state index contributed by atoms with van der Waals surface area (Å²) in [6, 6.07) is 15.0. The molecule has 3 aromatic rings. The first-order chi connectivity index (χ1) is 15.0. The standard InChI is InChI=1S/C25H27ClN2O3S/c1-15-6-9-21(10-7-15)32(30,31)28-20-8-11-22(24(26)14-20)25(29)27-19(5)23-13-17(3)16(2)12-18(23)4/h6-14,19,28H,1-5H3,(H,27,29)/t19-/m0/s1. The Morgan fingerprint density at radius 2 is 1.50 bits per heavy atom. The number of anilines is 1. The predicted molar refractivity (Wildman–Crippen MR) is 130 cm³/mol. The largest absolute Gasteiger partial charge is 0.345 e. The van der Waals surface area contributed by atoms with Crippen LogP contribution >= 0.6 is 11.6 Å². The molecule has 0 saturated heterocycles. The van der Waals surface area contributed by atoms with Crippen molar-refractivity contribution >= 4 is 33.2 Å². The molecule has 0 aromatic heterocycles. The fourth-order valence-electron chi connectivity index (χ4n) is 3.50. The molecular formula is C25H27ClN2O3S. The quantitative estimate of drug-likeness (QED) is 0.473. The van der Waals surface area contributed by atoms with Gasteiger partial charge in [-0.05, 0) is 87.2 Å². The van der Waals surface area contributed by atoms with Crippen molar-refractivity contribution in [2.45, 2.75) is 45.6 Å². The van der Waals surface area contributed by atoms with Gasteiger partial charge in [-0.15, -0.1) is 0 Å². The van der Waals surface area contributed by atoms with Crippen molar-refractivity contribution in [2.24, 2.45) is 0 Å². The minimum Gasteiger partial charge on any atom is -0.345 e. The number of carbonyl (C=O) groups is 1. The fraction of sp³-hybridized carbons (Fsp3) is 0.240. The van der Waals surface area contributed by atoms with Crippen LogP contribution in [0.25, 0.3) is 0 Å². The maximum atomic E-state index is 12.8. The molecule has 3 rings (SSSR count). The molecule has 0 saturated carbocycles. The van der Waals surface area contributed by atoms with E-state index < -0.39 is 10.0 Å². The monoisotopic (exact) mass is 470 g/mol. The summed E-state index contributed by atoms with van der Waals surface area (Å²) in [7, 11) is -3.76. The molecule has 0 bridgehead atoms. The summed E-state index contributed by atoms with van der Waals surface area (Å²) in [5.74, 6) is -0.326. The molecule has 1 atom stereocenters. The van der Waals surface area contributed by atoms with Gasteiger partial charge in [-0.2, -0.15) is 0 Å². The van der Waals surface area contributed by atoms with Gasteiger partial charge < -0.3 is 5.32 Å². The second-order valence-corrected chi connectivity index (χ2v) is 10.2. The van der Waals surface area contributed by atoms with E-state index in [1.807, 2.05) is 27.7 Å². The van der Waals surface area contributed by atoms with E-state index in [0.29, 0.717) is 0 Å². The molecule has 7 heteroatoms. The summed E-state index contributed by atoms with van der Waals surface area (Å²) < 4.78 is 27.7. The van der Waals surface area contributed by atoms with Gasteiger partial charge in [-0.3, -0.25) is 9.52 Å². The van der Waals surface area contributed by atoms with Gasteiger partial charge in [0.15, 0.2) is 0 Å². The van der Waals surface area contributed by atoms with Crippen LogP contribution in [0.4, 0.5) is 5.69 Å². The van der Waals surface area contributed by atoms with Crippen molar-refractivity contribution in [1.29, 1.82) is 0 Å². The number of hydrogen-bond donors (Lipinski definition) is 2. The number of sulfonamides is 1. The van der Waals surface area contributed by atoms with E-state index in [4.69, 9.17) is 11.6 Å². The van der Waals surface area contributed by atoms with Crippen LogP contribution in [0.15, 0.2) is 59.5 Å². The lowest BCUT2D eigenvalue weighted by Crippen LogP contribution is -2.27. The van der Waals surface area contributed by atoms with E-state index in [1.165, 1.54) is 35.9 Å². The molecule has 32 heavy (non-hydrogen) atoms. The highest BCUT2D eigenvalue weighted by Crippen LogP contribution is 2.26. The Hall–Kier alpha value is -2.83. The lowest BCUT2D eigenvalue weighted by molar-refractivity contribution is 0.0940. The number of rotatable bonds is 6. The molecule has 3 aromatic carbocycles. The van der Waals surface area contributed by atoms with Gasteiger partial charge in [-0.25, -0.2) is 8.42 Å². The predicted octanol–water partition coefficient (Wildman–Crippen LogP) is 5.87. The number of amides is 1. The first-order valence-electron chi connectivity index (χ1n) is 10.3. The number of aryl methyl sites for hydroxylation is 4. The minimum absolute atomic E-state index is 0.152. The van der Waals surface area contributed by atoms with Gasteiger partial charge in [-0.1, -0.05) is 41.4 Å². The molecule has 2 N–H and O–H groups in total. The molecule has 0 heterocycles. The van der Waals surface area contributed by atoms with Crippen LogP contribution < -0.4 is 10.0 Å². The van der Waals surface area contributed by atoms with E-state index in [2.05, 4.69) is 29.1 Å². The Balaban J connectivity index is 1.76. The maximum Gasteiger partial charge on any atom is 0.261 e. The van der Waals surface area contributed by atoms with Crippen LogP contribution in [0.3, 0.4) is 0 Å². The molecule has 0 radical (unpaired) electrons. The highest BCUT2D eigenvalue weighted by molar-refractivity contribution is 7.92. The molecule has 168 valence electrons. The van der Waals surface area contributed by atoms with Gasteiger partial charge in [0.2, 0.25) is 0 Å². The van der Waals surface area contributed by atoms with Crippen LogP contribution in [0.5, 0.6) is 0 Å². The van der Waals surface area contributed by atoms with E-state index in [9.17, 15) is 13.2 Å². The second kappa shape index (κ2) is 9.35. The van der Waals surface area contributed by atoms with Crippen LogP contribution in [0.1, 0.15) is 51.1 Å². The number of carbonyl (C=O) groups excluding carboxylic acids is 1. The maximum absolute atomic E-state index is 12.8. The van der Waals surface area contributed by atoms with Gasteiger partial charge >= 0.3 is 0 Å². The summed E-state index contributed by atoms with van der Waals surface area (Å²) >= 11 is 6.33. The van der Waals surface area contributed by atoms with Gasteiger partial charge in [0.25, 0.3) is 15.9 Å². The number of nitrogens with one attached hydrogen (secondary N) is 2. The highest BCUT2D eigenvalue weighted by Gasteiger charge is 2.18. The van der Waals surface area contributed by atoms with Crippen molar-refractivity contribution in [3.63, 3.8) is 0 Å². The van der Waals surface area contributed by atoms with Crippen LogP contribution in [0, 0.1) is 27.7 Å². The van der Waals surface area contributed by atoms with Gasteiger partial charge in [0, 0.05) is 0 Å². The third-order valence-electron chi connectivity index (χ3n) is 5.49. The van der Waals surface area contributed by atoms with Crippen molar-refractivity contribution in [3.8, 4) is 0 Å². The number of halogens is 1. The highest BCUT2D eigenvalue weighted by atomic mass is 35.5. The zero-order valence-corrected chi connectivity index (χ0v) is 20.4. The smallest absolute Gasteiger partial charge is 0.261 e. The molecule has 5 nitrogen and oxygen atoms in total. The molecule has 0 fully saturated rings. The Bertz CT molecular complexity index is 1270. The SMILES string of the molecule is Cc1ccc(S(=O)(=O)Nc2ccc(C(=O)N[C@@H](C)c3cc(C)c(C)cc3C)c(Cl)c2)cc1. The zero-order valence-electron chi connectivity index (χ0n) is 18.8. The zero-order chi connectivity index (χ0) is 23.6. The van der Waals surface area contributed by atoms with Gasteiger partial charge in [0.05, 0.1) is 27.2 Å². The van der Waals surface area contributed by atoms with Crippen LogP contribution in [0.2, 0.25) is 5.02 Å². The molecule has 1 amide bonds.